The van der Waals surface area contributed by atoms with E-state index in [1.165, 1.54) is 24.4 Å². The number of imide groups is 1. The fraction of sp³-hybridized carbons (Fsp3) is 0.391. The van der Waals surface area contributed by atoms with E-state index in [0.717, 1.165) is 4.90 Å². The Labute approximate surface area is 204 Å². The molecule has 4 rings (SSSR count). The van der Waals surface area contributed by atoms with Gasteiger partial charge in [-0.05, 0) is 50.6 Å². The van der Waals surface area contributed by atoms with Crippen molar-refractivity contribution in [3.05, 3.63) is 52.8 Å². The number of fused-ring (bicyclic) bond motifs is 1. The van der Waals surface area contributed by atoms with Gasteiger partial charge in [-0.1, -0.05) is 17.7 Å². The highest BCUT2D eigenvalue weighted by molar-refractivity contribution is 6.30. The number of pyridine rings is 1. The van der Waals surface area contributed by atoms with Crippen molar-refractivity contribution in [1.82, 2.24) is 15.2 Å². The second-order valence-corrected chi connectivity index (χ2v) is 8.90. The fourth-order valence-corrected chi connectivity index (χ4v) is 4.09. The number of hydrogen-bond donors (Lipinski definition) is 1. The van der Waals surface area contributed by atoms with E-state index >= 15 is 0 Å². The summed E-state index contributed by atoms with van der Waals surface area (Å²) in [6, 6.07) is 4.53. The number of amides is 3. The summed E-state index contributed by atoms with van der Waals surface area (Å²) in [6.07, 6.45) is -2.66. The summed E-state index contributed by atoms with van der Waals surface area (Å²) < 4.78 is 40.7. The molecule has 0 saturated carbocycles. The number of alkyl halides is 2. The van der Waals surface area contributed by atoms with Gasteiger partial charge >= 0.3 is 18.3 Å². The zero-order valence-corrected chi connectivity index (χ0v) is 19.7. The van der Waals surface area contributed by atoms with Gasteiger partial charge < -0.3 is 19.5 Å². The van der Waals surface area contributed by atoms with Crippen LogP contribution in [0, 0.1) is 5.92 Å². The molecule has 1 aromatic heterocycles. The quantitative estimate of drug-likeness (QED) is 0.465. The maximum absolute atomic E-state index is 13.3. The average molecular weight is 510 g/mol. The molecule has 3 atom stereocenters. The molecule has 0 bridgehead atoms. The summed E-state index contributed by atoms with van der Waals surface area (Å²) >= 11 is 5.99. The van der Waals surface area contributed by atoms with E-state index in [9.17, 15) is 23.2 Å². The van der Waals surface area contributed by atoms with Gasteiger partial charge in [0.05, 0.1) is 18.1 Å². The van der Waals surface area contributed by atoms with Gasteiger partial charge in [-0.2, -0.15) is 0 Å². The van der Waals surface area contributed by atoms with Crippen LogP contribution in [0.1, 0.15) is 38.1 Å². The summed E-state index contributed by atoms with van der Waals surface area (Å²) in [5.41, 5.74) is 0.913. The summed E-state index contributed by atoms with van der Waals surface area (Å²) in [7, 11) is 0. The van der Waals surface area contributed by atoms with Crippen LogP contribution in [0.3, 0.4) is 0 Å². The molecule has 2 aliphatic heterocycles. The van der Waals surface area contributed by atoms with Crippen molar-refractivity contribution in [2.45, 2.75) is 51.7 Å². The summed E-state index contributed by atoms with van der Waals surface area (Å²) in [4.78, 5) is 43.6. The number of nitrogens with one attached hydrogen (secondary N) is 1. The van der Waals surface area contributed by atoms with Gasteiger partial charge in [-0.15, -0.1) is 8.78 Å². The van der Waals surface area contributed by atoms with Crippen LogP contribution in [0.5, 0.6) is 11.5 Å². The third-order valence-corrected chi connectivity index (χ3v) is 5.73. The Morgan fingerprint density at radius 2 is 1.91 bits per heavy atom. The second-order valence-electron chi connectivity index (χ2n) is 8.46. The van der Waals surface area contributed by atoms with Crippen molar-refractivity contribution in [2.75, 3.05) is 0 Å². The molecule has 9 nitrogen and oxygen atoms in total. The molecule has 35 heavy (non-hydrogen) atoms. The van der Waals surface area contributed by atoms with E-state index in [4.69, 9.17) is 16.3 Å². The van der Waals surface area contributed by atoms with Crippen molar-refractivity contribution < 1.29 is 37.4 Å². The maximum Gasteiger partial charge on any atom is 0.586 e. The van der Waals surface area contributed by atoms with Gasteiger partial charge in [-0.3, -0.25) is 9.78 Å². The van der Waals surface area contributed by atoms with Crippen LogP contribution < -0.4 is 14.8 Å². The number of nitrogens with zero attached hydrogens (tertiary/aromatic N) is 2. The van der Waals surface area contributed by atoms with Crippen LogP contribution in [-0.2, 0) is 20.7 Å². The van der Waals surface area contributed by atoms with Gasteiger partial charge in [0.25, 0.3) is 0 Å². The number of ether oxygens (including phenoxy) is 3. The van der Waals surface area contributed by atoms with E-state index in [2.05, 4.69) is 19.8 Å². The molecule has 3 heterocycles. The van der Waals surface area contributed by atoms with Crippen LogP contribution in [0.2, 0.25) is 5.02 Å². The highest BCUT2D eigenvalue weighted by Gasteiger charge is 2.55. The van der Waals surface area contributed by atoms with Gasteiger partial charge in [-0.25, -0.2) is 14.5 Å². The topological polar surface area (TPSA) is 107 Å². The summed E-state index contributed by atoms with van der Waals surface area (Å²) in [5.74, 6) is -2.47. The Balaban J connectivity index is 1.49. The predicted molar refractivity (Wildman–Crippen MR) is 118 cm³/mol. The number of urea groups is 1. The minimum atomic E-state index is -3.77. The van der Waals surface area contributed by atoms with Gasteiger partial charge in [0.15, 0.2) is 17.5 Å². The molecule has 12 heteroatoms. The van der Waals surface area contributed by atoms with Crippen LogP contribution in [0.25, 0.3) is 0 Å². The van der Waals surface area contributed by atoms with Crippen molar-refractivity contribution in [3.8, 4) is 11.5 Å². The number of rotatable bonds is 6. The molecule has 0 unspecified atom stereocenters. The molecule has 2 aliphatic rings. The molecule has 2 aromatic rings. The second kappa shape index (κ2) is 9.29. The van der Waals surface area contributed by atoms with E-state index in [1.807, 2.05) is 0 Å². The summed E-state index contributed by atoms with van der Waals surface area (Å²) in [5, 5.41) is 3.03. The van der Waals surface area contributed by atoms with Gasteiger partial charge in [0, 0.05) is 23.3 Å². The Bertz CT molecular complexity index is 1180. The number of benzene rings is 1. The Kier molecular flexibility index (Phi) is 6.54. The maximum atomic E-state index is 13.3. The van der Waals surface area contributed by atoms with E-state index < -0.39 is 48.3 Å². The van der Waals surface area contributed by atoms with Crippen molar-refractivity contribution in [3.63, 3.8) is 0 Å². The summed E-state index contributed by atoms with van der Waals surface area (Å²) in [6.45, 7) is 4.90. The number of esters is 1. The Hall–Kier alpha value is -3.47. The van der Waals surface area contributed by atoms with E-state index in [0.29, 0.717) is 16.3 Å². The molecule has 1 N–H and O–H groups in total. The lowest BCUT2D eigenvalue weighted by atomic mass is 9.83. The number of carbonyl (C=O) groups is 3. The largest absolute Gasteiger partial charge is 0.586 e. The van der Waals surface area contributed by atoms with Crippen molar-refractivity contribution in [2.24, 2.45) is 5.92 Å². The standard InChI is InChI=1S/C23H22ClF2N3O6/c1-11(2)33-21(31)19-16(10-15-9-14(24)6-7-27-15)20(30)29(19)22(32)28-12(3)13-4-5-17-18(8-13)35-23(25,26)34-17/h4-9,11-12,16,19H,10H2,1-3H3,(H,28,32)/t12-,16-,19+/m1/s1. The normalized spacial score (nSPS) is 20.9. The lowest BCUT2D eigenvalue weighted by Gasteiger charge is -2.44. The van der Waals surface area contributed by atoms with Gasteiger partial charge in [0.1, 0.15) is 0 Å². The van der Waals surface area contributed by atoms with Crippen molar-refractivity contribution >= 4 is 29.5 Å². The number of β-lactam (4-membered cyclic amide) rings is 1. The zero-order chi connectivity index (χ0) is 25.5. The first-order valence-electron chi connectivity index (χ1n) is 10.8. The molecule has 1 fully saturated rings. The molecule has 0 radical (unpaired) electrons. The van der Waals surface area contributed by atoms with Crippen LogP contribution in [0.4, 0.5) is 13.6 Å². The first-order valence-corrected chi connectivity index (χ1v) is 11.2. The molecule has 3 amide bonds. The lowest BCUT2D eigenvalue weighted by molar-refractivity contribution is -0.286. The third kappa shape index (κ3) is 5.14. The molecular weight excluding hydrogens is 488 g/mol. The fourth-order valence-electron chi connectivity index (χ4n) is 3.90. The molecule has 186 valence electrons. The number of likely N-dealkylation sites (tertiary alicyclic amines) is 1. The smallest absolute Gasteiger partial charge is 0.461 e. The van der Waals surface area contributed by atoms with Crippen LogP contribution in [0.15, 0.2) is 36.5 Å². The average Bonchev–Trinajstić information content (AvgIpc) is 3.07. The third-order valence-electron chi connectivity index (χ3n) is 5.50. The first kappa shape index (κ1) is 24.6. The number of carbonyl (C=O) groups excluding carboxylic acids is 3. The highest BCUT2D eigenvalue weighted by Crippen LogP contribution is 2.42. The zero-order valence-electron chi connectivity index (χ0n) is 19.0. The molecule has 0 spiro atoms. The highest BCUT2D eigenvalue weighted by atomic mass is 35.5. The minimum absolute atomic E-state index is 0.0902. The van der Waals surface area contributed by atoms with Crippen LogP contribution in [-0.4, -0.2) is 46.2 Å². The Morgan fingerprint density at radius 1 is 1.20 bits per heavy atom. The SMILES string of the molecule is CC(C)OC(=O)[C@@H]1[C@@H](Cc2cc(Cl)ccn2)C(=O)N1C(=O)N[C@H](C)c1ccc2c(c1)OC(F)(F)O2. The van der Waals surface area contributed by atoms with E-state index in [1.54, 1.807) is 32.9 Å². The van der Waals surface area contributed by atoms with E-state index in [-0.39, 0.29) is 17.9 Å². The number of hydrogen-bond acceptors (Lipinski definition) is 7. The molecule has 1 aromatic carbocycles. The number of halogens is 3. The molecular formula is C23H22ClF2N3O6. The van der Waals surface area contributed by atoms with Crippen LogP contribution >= 0.6 is 11.6 Å². The lowest BCUT2D eigenvalue weighted by Crippen LogP contribution is -2.69. The Morgan fingerprint density at radius 3 is 2.60 bits per heavy atom. The predicted octanol–water partition coefficient (Wildman–Crippen LogP) is 3.85. The molecule has 0 aliphatic carbocycles. The number of aromatic nitrogens is 1. The van der Waals surface area contributed by atoms with Crippen molar-refractivity contribution in [1.29, 1.82) is 0 Å². The van der Waals surface area contributed by atoms with Gasteiger partial charge in [0.2, 0.25) is 5.91 Å². The molecule has 1 saturated heterocycles. The first-order chi connectivity index (χ1) is 16.4. The monoisotopic (exact) mass is 509 g/mol. The minimum Gasteiger partial charge on any atom is -0.461 e.